The van der Waals surface area contributed by atoms with Crippen molar-refractivity contribution in [1.82, 2.24) is 10.3 Å². The predicted molar refractivity (Wildman–Crippen MR) is 78.9 cm³/mol. The number of halogens is 1. The van der Waals surface area contributed by atoms with Gasteiger partial charge < -0.3 is 10.2 Å². The van der Waals surface area contributed by atoms with Crippen LogP contribution in [-0.4, -0.2) is 30.7 Å². The summed E-state index contributed by atoms with van der Waals surface area (Å²) in [5.74, 6) is 0.801. The Hall–Kier alpha value is -1.32. The van der Waals surface area contributed by atoms with E-state index < -0.39 is 0 Å². The van der Waals surface area contributed by atoms with Crippen LogP contribution in [0.5, 0.6) is 0 Å². The zero-order valence-electron chi connectivity index (χ0n) is 10.6. The first kappa shape index (κ1) is 11.5. The third kappa shape index (κ3) is 1.80. The third-order valence-corrected chi connectivity index (χ3v) is 4.67. The van der Waals surface area contributed by atoms with Crippen molar-refractivity contribution < 1.29 is 0 Å². The summed E-state index contributed by atoms with van der Waals surface area (Å²) in [7, 11) is 0. The number of nitrogens with zero attached hydrogens (tertiary/aromatic N) is 2. The first-order valence-corrected chi connectivity index (χ1v) is 7.22. The first-order chi connectivity index (χ1) is 9.33. The Labute approximate surface area is 117 Å². The molecule has 0 radical (unpaired) electrons. The Balaban J connectivity index is 1.82. The van der Waals surface area contributed by atoms with Crippen LogP contribution in [0.3, 0.4) is 0 Å². The number of aromatic nitrogens is 1. The molecule has 2 aliphatic rings. The minimum absolute atomic E-state index is 0.640. The zero-order chi connectivity index (χ0) is 12.8. The fourth-order valence-corrected chi connectivity index (χ4v) is 3.67. The lowest BCUT2D eigenvalue weighted by molar-refractivity contribution is 0.579. The molecule has 1 aromatic carbocycles. The number of anilines is 1. The van der Waals surface area contributed by atoms with Crippen molar-refractivity contribution in [3.8, 4) is 0 Å². The van der Waals surface area contributed by atoms with Gasteiger partial charge in [-0.3, -0.25) is 4.98 Å². The molecule has 2 aliphatic heterocycles. The molecule has 4 heteroatoms. The summed E-state index contributed by atoms with van der Waals surface area (Å²) in [6, 6.07) is 8.77. The summed E-state index contributed by atoms with van der Waals surface area (Å²) in [5, 5.41) is 5.46. The molecule has 0 amide bonds. The number of rotatable bonds is 1. The van der Waals surface area contributed by atoms with Gasteiger partial charge in [-0.25, -0.2) is 0 Å². The fourth-order valence-electron chi connectivity index (χ4n) is 3.50. The summed E-state index contributed by atoms with van der Waals surface area (Å²) in [5.41, 5.74) is 2.29. The Bertz CT molecular complexity index is 628. The van der Waals surface area contributed by atoms with E-state index in [1.54, 1.807) is 0 Å². The number of fused-ring (bicyclic) bond motifs is 2. The second-order valence-electron chi connectivity index (χ2n) is 5.46. The average Bonchev–Trinajstić information content (AvgIpc) is 3.00. The molecule has 1 N–H and O–H groups in total. The summed E-state index contributed by atoms with van der Waals surface area (Å²) in [6.45, 7) is 3.41. The Kier molecular flexibility index (Phi) is 2.64. The van der Waals surface area contributed by atoms with Crippen molar-refractivity contribution in [2.24, 2.45) is 5.92 Å². The van der Waals surface area contributed by atoms with E-state index in [-0.39, 0.29) is 0 Å². The lowest BCUT2D eigenvalue weighted by atomic mass is 10.0. The van der Waals surface area contributed by atoms with Crippen LogP contribution in [-0.2, 0) is 0 Å². The standard InChI is InChI=1S/C15H16ClN3/c16-11-1-2-12-13(7-11)18-5-3-14(12)19-6-4-10-8-17-9-15(10)19/h1-3,5,7,10,15,17H,4,6,8-9H2/t10-,15+/m0/s1. The number of pyridine rings is 1. The molecule has 0 unspecified atom stereocenters. The van der Waals surface area contributed by atoms with Gasteiger partial charge in [-0.05, 0) is 36.6 Å². The van der Waals surface area contributed by atoms with Gasteiger partial charge in [0.1, 0.15) is 0 Å². The Morgan fingerprint density at radius 1 is 1.26 bits per heavy atom. The van der Waals surface area contributed by atoms with Crippen LogP contribution in [0.25, 0.3) is 10.9 Å². The van der Waals surface area contributed by atoms with E-state index in [1.807, 2.05) is 18.3 Å². The largest absolute Gasteiger partial charge is 0.366 e. The van der Waals surface area contributed by atoms with Gasteiger partial charge in [-0.1, -0.05) is 11.6 Å². The smallest absolute Gasteiger partial charge is 0.0737 e. The van der Waals surface area contributed by atoms with Crippen molar-refractivity contribution in [3.63, 3.8) is 0 Å². The quantitative estimate of drug-likeness (QED) is 0.866. The van der Waals surface area contributed by atoms with Gasteiger partial charge in [0, 0.05) is 48.0 Å². The second-order valence-corrected chi connectivity index (χ2v) is 5.90. The highest BCUT2D eigenvalue weighted by atomic mass is 35.5. The van der Waals surface area contributed by atoms with Crippen LogP contribution in [0, 0.1) is 5.92 Å². The van der Waals surface area contributed by atoms with E-state index in [9.17, 15) is 0 Å². The number of benzene rings is 1. The molecule has 2 atom stereocenters. The van der Waals surface area contributed by atoms with Crippen molar-refractivity contribution in [3.05, 3.63) is 35.5 Å². The number of hydrogen-bond donors (Lipinski definition) is 1. The van der Waals surface area contributed by atoms with Gasteiger partial charge in [0.05, 0.1) is 5.52 Å². The van der Waals surface area contributed by atoms with Gasteiger partial charge in [-0.15, -0.1) is 0 Å². The van der Waals surface area contributed by atoms with Crippen molar-refractivity contribution in [2.45, 2.75) is 12.5 Å². The van der Waals surface area contributed by atoms with Crippen LogP contribution in [0.1, 0.15) is 6.42 Å². The Morgan fingerprint density at radius 2 is 2.21 bits per heavy atom. The van der Waals surface area contributed by atoms with Crippen LogP contribution in [0.4, 0.5) is 5.69 Å². The maximum atomic E-state index is 6.06. The molecular formula is C15H16ClN3. The van der Waals surface area contributed by atoms with Gasteiger partial charge in [0.25, 0.3) is 0 Å². The van der Waals surface area contributed by atoms with E-state index >= 15 is 0 Å². The lowest BCUT2D eigenvalue weighted by Gasteiger charge is -2.26. The molecule has 98 valence electrons. The summed E-state index contributed by atoms with van der Waals surface area (Å²) >= 11 is 6.06. The van der Waals surface area contributed by atoms with Crippen molar-refractivity contribution >= 4 is 28.2 Å². The van der Waals surface area contributed by atoms with E-state index in [0.29, 0.717) is 6.04 Å². The van der Waals surface area contributed by atoms with Gasteiger partial charge in [0.2, 0.25) is 0 Å². The third-order valence-electron chi connectivity index (χ3n) is 4.44. The molecule has 1 aromatic heterocycles. The highest BCUT2D eigenvalue weighted by molar-refractivity contribution is 6.31. The molecule has 0 bridgehead atoms. The van der Waals surface area contributed by atoms with Crippen LogP contribution in [0.2, 0.25) is 5.02 Å². The van der Waals surface area contributed by atoms with Gasteiger partial charge in [-0.2, -0.15) is 0 Å². The minimum Gasteiger partial charge on any atom is -0.366 e. The molecule has 3 heterocycles. The molecule has 0 saturated carbocycles. The molecule has 0 aliphatic carbocycles. The molecule has 3 nitrogen and oxygen atoms in total. The van der Waals surface area contributed by atoms with E-state index in [2.05, 4.69) is 27.3 Å². The zero-order valence-corrected chi connectivity index (χ0v) is 11.4. The average molecular weight is 274 g/mol. The molecular weight excluding hydrogens is 258 g/mol. The van der Waals surface area contributed by atoms with E-state index in [0.717, 1.165) is 36.1 Å². The number of nitrogens with one attached hydrogen (secondary N) is 1. The summed E-state index contributed by atoms with van der Waals surface area (Å²) in [4.78, 5) is 6.98. The molecule has 2 saturated heterocycles. The highest BCUT2D eigenvalue weighted by Crippen LogP contribution is 2.35. The minimum atomic E-state index is 0.640. The normalized spacial score (nSPS) is 26.1. The second kappa shape index (κ2) is 4.36. The predicted octanol–water partition coefficient (Wildman–Crippen LogP) is 2.69. The maximum absolute atomic E-state index is 6.06. The van der Waals surface area contributed by atoms with Crippen molar-refractivity contribution in [1.29, 1.82) is 0 Å². The van der Waals surface area contributed by atoms with Crippen molar-refractivity contribution in [2.75, 3.05) is 24.5 Å². The highest BCUT2D eigenvalue weighted by Gasteiger charge is 2.37. The molecule has 0 spiro atoms. The molecule has 2 fully saturated rings. The lowest BCUT2D eigenvalue weighted by Crippen LogP contribution is -2.34. The fraction of sp³-hybridized carbons (Fsp3) is 0.400. The van der Waals surface area contributed by atoms with E-state index in [1.165, 1.54) is 17.5 Å². The van der Waals surface area contributed by atoms with Crippen LogP contribution in [0.15, 0.2) is 30.5 Å². The maximum Gasteiger partial charge on any atom is 0.0737 e. The van der Waals surface area contributed by atoms with Crippen LogP contribution >= 0.6 is 11.6 Å². The molecule has 4 rings (SSSR count). The van der Waals surface area contributed by atoms with Crippen LogP contribution < -0.4 is 10.2 Å². The molecule has 19 heavy (non-hydrogen) atoms. The summed E-state index contributed by atoms with van der Waals surface area (Å²) < 4.78 is 0. The Morgan fingerprint density at radius 3 is 3.16 bits per heavy atom. The SMILES string of the molecule is Clc1ccc2c(N3CC[C@H]4CNC[C@H]43)ccnc2c1. The van der Waals surface area contributed by atoms with Gasteiger partial charge >= 0.3 is 0 Å². The monoisotopic (exact) mass is 273 g/mol. The van der Waals surface area contributed by atoms with Gasteiger partial charge in [0.15, 0.2) is 0 Å². The topological polar surface area (TPSA) is 28.2 Å². The first-order valence-electron chi connectivity index (χ1n) is 6.84. The van der Waals surface area contributed by atoms with E-state index in [4.69, 9.17) is 11.6 Å². The number of hydrogen-bond acceptors (Lipinski definition) is 3. The molecule has 2 aromatic rings. The summed E-state index contributed by atoms with van der Waals surface area (Å²) in [6.07, 6.45) is 3.18.